The normalized spacial score (nSPS) is 10.4. The average Bonchev–Trinajstić information content (AvgIpc) is 2.33. The van der Waals surface area contributed by atoms with Crippen molar-refractivity contribution in [3.05, 3.63) is 58.4 Å². The topological polar surface area (TPSA) is 35.2 Å². The lowest BCUT2D eigenvalue weighted by molar-refractivity contribution is 0.298. The Hall–Kier alpha value is -1.74. The van der Waals surface area contributed by atoms with E-state index in [1.807, 2.05) is 6.92 Å². The van der Waals surface area contributed by atoms with Crippen molar-refractivity contribution < 1.29 is 9.13 Å². The van der Waals surface area contributed by atoms with Crippen LogP contribution in [0.3, 0.4) is 0 Å². The van der Waals surface area contributed by atoms with Gasteiger partial charge in [0.05, 0.1) is 0 Å². The van der Waals surface area contributed by atoms with E-state index in [1.165, 1.54) is 6.07 Å². The Balaban J connectivity index is 2.14. The second-order valence-corrected chi connectivity index (χ2v) is 4.43. The zero-order valence-electron chi connectivity index (χ0n) is 9.91. The fourth-order valence-corrected chi connectivity index (χ4v) is 1.74. The Morgan fingerprint density at radius 3 is 2.78 bits per heavy atom. The van der Waals surface area contributed by atoms with Crippen molar-refractivity contribution in [3.63, 3.8) is 0 Å². The van der Waals surface area contributed by atoms with E-state index in [4.69, 9.17) is 22.1 Å². The highest BCUT2D eigenvalue weighted by Crippen LogP contribution is 2.24. The second-order valence-electron chi connectivity index (χ2n) is 3.99. The number of nitrogens with two attached hydrogens (primary N) is 1. The Bertz CT molecular complexity index is 572. The fraction of sp³-hybridized carbons (Fsp3) is 0.143. The summed E-state index contributed by atoms with van der Waals surface area (Å²) in [7, 11) is 0. The van der Waals surface area contributed by atoms with E-state index in [2.05, 4.69) is 0 Å². The van der Waals surface area contributed by atoms with Crippen LogP contribution in [0.2, 0.25) is 5.02 Å². The van der Waals surface area contributed by atoms with E-state index in [1.54, 1.807) is 30.3 Å². The van der Waals surface area contributed by atoms with Crippen molar-refractivity contribution in [2.75, 3.05) is 5.73 Å². The Morgan fingerprint density at radius 1 is 1.28 bits per heavy atom. The van der Waals surface area contributed by atoms with Crippen LogP contribution in [0, 0.1) is 12.7 Å². The highest BCUT2D eigenvalue weighted by atomic mass is 35.5. The molecule has 2 nitrogen and oxygen atoms in total. The van der Waals surface area contributed by atoms with Gasteiger partial charge in [0, 0.05) is 21.8 Å². The maximum atomic E-state index is 13.5. The van der Waals surface area contributed by atoms with Gasteiger partial charge < -0.3 is 10.5 Å². The van der Waals surface area contributed by atoms with Crippen LogP contribution in [0.1, 0.15) is 11.1 Å². The minimum absolute atomic E-state index is 0.146. The van der Waals surface area contributed by atoms with E-state index >= 15 is 0 Å². The predicted molar refractivity (Wildman–Crippen MR) is 71.3 cm³/mol. The standard InChI is InChI=1S/C14H13ClFNO/c1-9-13(17)3-2-4-14(9)18-8-10-5-6-11(15)7-12(10)16/h2-7H,8,17H2,1H3. The lowest BCUT2D eigenvalue weighted by Crippen LogP contribution is -2.01. The van der Waals surface area contributed by atoms with Gasteiger partial charge in [0.25, 0.3) is 0 Å². The number of ether oxygens (including phenoxy) is 1. The summed E-state index contributed by atoms with van der Waals surface area (Å²) < 4.78 is 19.1. The van der Waals surface area contributed by atoms with Gasteiger partial charge in [-0.15, -0.1) is 0 Å². The first kappa shape index (κ1) is 12.7. The molecule has 0 spiro atoms. The van der Waals surface area contributed by atoms with Crippen molar-refractivity contribution in [1.29, 1.82) is 0 Å². The van der Waals surface area contributed by atoms with Gasteiger partial charge in [0.15, 0.2) is 0 Å². The summed E-state index contributed by atoms with van der Waals surface area (Å²) >= 11 is 5.68. The van der Waals surface area contributed by atoms with Gasteiger partial charge in [-0.3, -0.25) is 0 Å². The van der Waals surface area contributed by atoms with Crippen LogP contribution in [0.25, 0.3) is 0 Å². The summed E-state index contributed by atoms with van der Waals surface area (Å²) in [5.41, 5.74) is 7.74. The summed E-state index contributed by atoms with van der Waals surface area (Å²) in [6, 6.07) is 9.92. The molecule has 0 radical (unpaired) electrons. The molecule has 2 aromatic rings. The van der Waals surface area contributed by atoms with E-state index in [0.29, 0.717) is 22.0 Å². The van der Waals surface area contributed by atoms with Crippen LogP contribution >= 0.6 is 11.6 Å². The summed E-state index contributed by atoms with van der Waals surface area (Å²) in [6.45, 7) is 2.01. The summed E-state index contributed by atoms with van der Waals surface area (Å²) in [4.78, 5) is 0. The van der Waals surface area contributed by atoms with Crippen LogP contribution in [0.15, 0.2) is 36.4 Å². The molecule has 0 amide bonds. The monoisotopic (exact) mass is 265 g/mol. The lowest BCUT2D eigenvalue weighted by Gasteiger charge is -2.11. The molecular formula is C14H13ClFNO. The van der Waals surface area contributed by atoms with Crippen LogP contribution in [0.4, 0.5) is 10.1 Å². The molecule has 4 heteroatoms. The van der Waals surface area contributed by atoms with Crippen LogP contribution < -0.4 is 10.5 Å². The predicted octanol–water partition coefficient (Wildman–Crippen LogP) is 3.95. The number of nitrogen functional groups attached to an aromatic ring is 1. The van der Waals surface area contributed by atoms with E-state index in [9.17, 15) is 4.39 Å². The summed E-state index contributed by atoms with van der Waals surface area (Å²) in [5, 5.41) is 0.372. The van der Waals surface area contributed by atoms with Crippen LogP contribution in [-0.2, 0) is 6.61 Å². The largest absolute Gasteiger partial charge is 0.488 e. The van der Waals surface area contributed by atoms with E-state index in [0.717, 1.165) is 5.56 Å². The zero-order chi connectivity index (χ0) is 13.1. The van der Waals surface area contributed by atoms with E-state index < -0.39 is 0 Å². The lowest BCUT2D eigenvalue weighted by atomic mass is 10.2. The zero-order valence-corrected chi connectivity index (χ0v) is 10.7. The number of halogens is 2. The Kier molecular flexibility index (Phi) is 3.72. The molecule has 0 unspecified atom stereocenters. The molecule has 18 heavy (non-hydrogen) atoms. The minimum Gasteiger partial charge on any atom is -0.488 e. The molecule has 0 heterocycles. The third-order valence-corrected chi connectivity index (χ3v) is 2.96. The van der Waals surface area contributed by atoms with Crippen LogP contribution in [-0.4, -0.2) is 0 Å². The van der Waals surface area contributed by atoms with Crippen LogP contribution in [0.5, 0.6) is 5.75 Å². The van der Waals surface area contributed by atoms with E-state index in [-0.39, 0.29) is 12.4 Å². The molecule has 2 aromatic carbocycles. The third kappa shape index (κ3) is 2.74. The number of benzene rings is 2. The molecule has 0 aliphatic heterocycles. The quantitative estimate of drug-likeness (QED) is 0.853. The van der Waals surface area contributed by atoms with Gasteiger partial charge >= 0.3 is 0 Å². The van der Waals surface area contributed by atoms with Gasteiger partial charge in [0.2, 0.25) is 0 Å². The van der Waals surface area contributed by atoms with Crippen molar-refractivity contribution in [1.82, 2.24) is 0 Å². The maximum absolute atomic E-state index is 13.5. The smallest absolute Gasteiger partial charge is 0.131 e. The van der Waals surface area contributed by atoms with Crippen molar-refractivity contribution in [2.45, 2.75) is 13.5 Å². The molecule has 0 aromatic heterocycles. The van der Waals surface area contributed by atoms with Crippen molar-refractivity contribution in [3.8, 4) is 5.75 Å². The molecule has 0 aliphatic carbocycles. The molecule has 2 rings (SSSR count). The van der Waals surface area contributed by atoms with Gasteiger partial charge in [-0.2, -0.15) is 0 Å². The molecule has 0 saturated carbocycles. The number of anilines is 1. The van der Waals surface area contributed by atoms with Crippen molar-refractivity contribution >= 4 is 17.3 Å². The third-order valence-electron chi connectivity index (χ3n) is 2.72. The average molecular weight is 266 g/mol. The molecule has 2 N–H and O–H groups in total. The SMILES string of the molecule is Cc1c(N)cccc1OCc1ccc(Cl)cc1F. The number of rotatable bonds is 3. The summed E-state index contributed by atoms with van der Waals surface area (Å²) in [6.07, 6.45) is 0. The van der Waals surface area contributed by atoms with Gasteiger partial charge in [-0.25, -0.2) is 4.39 Å². The molecule has 0 saturated heterocycles. The molecule has 94 valence electrons. The highest BCUT2D eigenvalue weighted by molar-refractivity contribution is 6.30. The number of hydrogen-bond acceptors (Lipinski definition) is 2. The molecule has 0 atom stereocenters. The maximum Gasteiger partial charge on any atom is 0.131 e. The first-order valence-electron chi connectivity index (χ1n) is 5.50. The molecular weight excluding hydrogens is 253 g/mol. The first-order chi connectivity index (χ1) is 8.58. The van der Waals surface area contributed by atoms with Gasteiger partial charge in [-0.05, 0) is 31.2 Å². The number of hydrogen-bond donors (Lipinski definition) is 1. The second kappa shape index (κ2) is 5.27. The Morgan fingerprint density at radius 2 is 2.06 bits per heavy atom. The minimum atomic E-state index is -0.371. The first-order valence-corrected chi connectivity index (χ1v) is 5.87. The van der Waals surface area contributed by atoms with Crippen molar-refractivity contribution in [2.24, 2.45) is 0 Å². The Labute approximate surface area is 110 Å². The molecule has 0 fully saturated rings. The summed E-state index contributed by atoms with van der Waals surface area (Å²) in [5.74, 6) is 0.286. The van der Waals surface area contributed by atoms with Gasteiger partial charge in [-0.1, -0.05) is 23.7 Å². The molecule has 0 bridgehead atoms. The highest BCUT2D eigenvalue weighted by Gasteiger charge is 2.06. The molecule has 0 aliphatic rings. The van der Waals surface area contributed by atoms with Gasteiger partial charge in [0.1, 0.15) is 18.2 Å². The fourth-order valence-electron chi connectivity index (χ4n) is 1.58.